The second-order valence-corrected chi connectivity index (χ2v) is 4.00. The Morgan fingerprint density at radius 1 is 1.37 bits per heavy atom. The van der Waals surface area contributed by atoms with E-state index in [0.29, 0.717) is 12.2 Å². The third-order valence-electron chi connectivity index (χ3n) is 2.36. The molecule has 0 spiro atoms. The predicted octanol–water partition coefficient (Wildman–Crippen LogP) is 1.57. The molecule has 0 radical (unpaired) electrons. The molecule has 1 rings (SSSR count). The zero-order chi connectivity index (χ0) is 14.3. The van der Waals surface area contributed by atoms with Gasteiger partial charge in [0.25, 0.3) is 5.91 Å². The lowest BCUT2D eigenvalue weighted by molar-refractivity contribution is -0.137. The molecule has 0 saturated carbocycles. The van der Waals surface area contributed by atoms with Crippen LogP contribution in [0, 0.1) is 5.82 Å². The van der Waals surface area contributed by atoms with Crippen molar-refractivity contribution >= 4 is 11.9 Å². The fourth-order valence-corrected chi connectivity index (χ4v) is 1.37. The number of carbonyl (C=O) groups excluding carboxylic acids is 1. The van der Waals surface area contributed by atoms with Gasteiger partial charge in [-0.15, -0.1) is 0 Å². The van der Waals surface area contributed by atoms with Crippen LogP contribution < -0.4 is 10.1 Å². The number of hydrogen-bond acceptors (Lipinski definition) is 3. The molecule has 1 aromatic carbocycles. The Hall–Kier alpha value is -2.11. The van der Waals surface area contributed by atoms with Crippen LogP contribution in [0.1, 0.15) is 19.8 Å². The molecule has 2 N–H and O–H groups in total. The van der Waals surface area contributed by atoms with Crippen molar-refractivity contribution in [2.45, 2.75) is 25.9 Å². The molecule has 6 heteroatoms. The Labute approximate surface area is 110 Å². The summed E-state index contributed by atoms with van der Waals surface area (Å²) in [5.74, 6) is -1.22. The van der Waals surface area contributed by atoms with Crippen molar-refractivity contribution in [3.63, 3.8) is 0 Å². The number of hydrogen-bond donors (Lipinski definition) is 2. The SMILES string of the molecule is C[C@H](Oc1ccc(F)cc1)C(=O)NCCCC(=O)O. The predicted molar refractivity (Wildman–Crippen MR) is 66.4 cm³/mol. The lowest BCUT2D eigenvalue weighted by Gasteiger charge is -2.14. The molecule has 0 heterocycles. The Kier molecular flexibility index (Phi) is 5.78. The molecular weight excluding hydrogens is 253 g/mol. The van der Waals surface area contributed by atoms with E-state index in [4.69, 9.17) is 9.84 Å². The number of carboxylic acids is 1. The van der Waals surface area contributed by atoms with Crippen LogP contribution in [0.3, 0.4) is 0 Å². The summed E-state index contributed by atoms with van der Waals surface area (Å²) < 4.78 is 18.0. The highest BCUT2D eigenvalue weighted by molar-refractivity contribution is 5.80. The van der Waals surface area contributed by atoms with Gasteiger partial charge >= 0.3 is 5.97 Å². The average Bonchev–Trinajstić information content (AvgIpc) is 2.36. The molecule has 1 atom stereocenters. The molecule has 0 aliphatic rings. The maximum Gasteiger partial charge on any atom is 0.303 e. The van der Waals surface area contributed by atoms with Gasteiger partial charge < -0.3 is 15.2 Å². The highest BCUT2D eigenvalue weighted by Crippen LogP contribution is 2.12. The third kappa shape index (κ3) is 5.85. The van der Waals surface area contributed by atoms with Crippen LogP contribution in [0.5, 0.6) is 5.75 Å². The molecule has 0 saturated heterocycles. The van der Waals surface area contributed by atoms with Gasteiger partial charge in [-0.1, -0.05) is 0 Å². The van der Waals surface area contributed by atoms with E-state index in [1.807, 2.05) is 0 Å². The first-order chi connectivity index (χ1) is 8.99. The highest BCUT2D eigenvalue weighted by Gasteiger charge is 2.14. The van der Waals surface area contributed by atoms with E-state index in [2.05, 4.69) is 5.32 Å². The first-order valence-electron chi connectivity index (χ1n) is 5.91. The smallest absolute Gasteiger partial charge is 0.303 e. The van der Waals surface area contributed by atoms with Crippen LogP contribution in [0.25, 0.3) is 0 Å². The number of carbonyl (C=O) groups is 2. The molecule has 104 valence electrons. The van der Waals surface area contributed by atoms with Gasteiger partial charge in [-0.05, 0) is 37.6 Å². The Morgan fingerprint density at radius 3 is 2.58 bits per heavy atom. The second kappa shape index (κ2) is 7.35. The summed E-state index contributed by atoms with van der Waals surface area (Å²) in [6.45, 7) is 1.85. The van der Waals surface area contributed by atoms with Gasteiger partial charge in [0.1, 0.15) is 11.6 Å². The summed E-state index contributed by atoms with van der Waals surface area (Å²) >= 11 is 0. The van der Waals surface area contributed by atoms with Crippen LogP contribution in [-0.2, 0) is 9.59 Å². The quantitative estimate of drug-likeness (QED) is 0.737. The van der Waals surface area contributed by atoms with Crippen molar-refractivity contribution in [1.29, 1.82) is 0 Å². The van der Waals surface area contributed by atoms with E-state index in [9.17, 15) is 14.0 Å². The zero-order valence-corrected chi connectivity index (χ0v) is 10.6. The molecule has 0 aromatic heterocycles. The summed E-state index contributed by atoms with van der Waals surface area (Å²) in [6.07, 6.45) is -0.354. The van der Waals surface area contributed by atoms with Crippen molar-refractivity contribution < 1.29 is 23.8 Å². The summed E-state index contributed by atoms with van der Waals surface area (Å²) in [5.41, 5.74) is 0. The molecule has 5 nitrogen and oxygen atoms in total. The van der Waals surface area contributed by atoms with Crippen LogP contribution in [0.4, 0.5) is 4.39 Å². The number of amides is 1. The lowest BCUT2D eigenvalue weighted by atomic mass is 10.3. The molecule has 19 heavy (non-hydrogen) atoms. The van der Waals surface area contributed by atoms with E-state index < -0.39 is 12.1 Å². The fraction of sp³-hybridized carbons (Fsp3) is 0.385. The third-order valence-corrected chi connectivity index (χ3v) is 2.36. The number of aliphatic carboxylic acids is 1. The largest absolute Gasteiger partial charge is 0.481 e. The van der Waals surface area contributed by atoms with E-state index in [0.717, 1.165) is 0 Å². The van der Waals surface area contributed by atoms with Gasteiger partial charge in [-0.3, -0.25) is 9.59 Å². The number of nitrogens with one attached hydrogen (secondary N) is 1. The lowest BCUT2D eigenvalue weighted by Crippen LogP contribution is -2.36. The minimum absolute atomic E-state index is 0.00742. The van der Waals surface area contributed by atoms with Gasteiger partial charge in [0.15, 0.2) is 6.10 Å². The number of carboxylic acid groups (broad SMARTS) is 1. The van der Waals surface area contributed by atoms with E-state index >= 15 is 0 Å². The first-order valence-corrected chi connectivity index (χ1v) is 5.91. The van der Waals surface area contributed by atoms with Crippen LogP contribution >= 0.6 is 0 Å². The molecule has 0 bridgehead atoms. The highest BCUT2D eigenvalue weighted by atomic mass is 19.1. The molecule has 0 aliphatic carbocycles. The molecule has 1 amide bonds. The molecule has 1 aromatic rings. The number of rotatable bonds is 7. The minimum atomic E-state index is -0.898. The summed E-state index contributed by atoms with van der Waals surface area (Å²) in [7, 11) is 0. The molecule has 0 unspecified atom stereocenters. The normalized spacial score (nSPS) is 11.7. The van der Waals surface area contributed by atoms with Gasteiger partial charge in [0, 0.05) is 13.0 Å². The van der Waals surface area contributed by atoms with Crippen molar-refractivity contribution in [2.75, 3.05) is 6.54 Å². The fourth-order valence-electron chi connectivity index (χ4n) is 1.37. The van der Waals surface area contributed by atoms with E-state index in [-0.39, 0.29) is 24.7 Å². The zero-order valence-electron chi connectivity index (χ0n) is 10.6. The van der Waals surface area contributed by atoms with Gasteiger partial charge in [0.2, 0.25) is 0 Å². The molecule has 0 fully saturated rings. The van der Waals surface area contributed by atoms with Gasteiger partial charge in [-0.25, -0.2) is 4.39 Å². The van der Waals surface area contributed by atoms with E-state index in [1.54, 1.807) is 6.92 Å². The first kappa shape index (κ1) is 14.9. The van der Waals surface area contributed by atoms with E-state index in [1.165, 1.54) is 24.3 Å². The number of benzene rings is 1. The summed E-state index contributed by atoms with van der Waals surface area (Å²) in [5, 5.41) is 11.0. The van der Waals surface area contributed by atoms with Crippen molar-refractivity contribution in [3.8, 4) is 5.75 Å². The van der Waals surface area contributed by atoms with Crippen molar-refractivity contribution in [3.05, 3.63) is 30.1 Å². The van der Waals surface area contributed by atoms with Crippen molar-refractivity contribution in [1.82, 2.24) is 5.32 Å². The maximum atomic E-state index is 12.7. The molecule has 0 aliphatic heterocycles. The Balaban J connectivity index is 2.32. The monoisotopic (exact) mass is 269 g/mol. The topological polar surface area (TPSA) is 75.6 Å². The van der Waals surface area contributed by atoms with Gasteiger partial charge in [0.05, 0.1) is 0 Å². The average molecular weight is 269 g/mol. The minimum Gasteiger partial charge on any atom is -0.481 e. The number of halogens is 1. The molecular formula is C13H16FNO4. The Bertz CT molecular complexity index is 433. The van der Waals surface area contributed by atoms with Crippen molar-refractivity contribution in [2.24, 2.45) is 0 Å². The van der Waals surface area contributed by atoms with Gasteiger partial charge in [-0.2, -0.15) is 0 Å². The maximum absolute atomic E-state index is 12.7. The Morgan fingerprint density at radius 2 is 2.00 bits per heavy atom. The standard InChI is InChI=1S/C13H16FNO4/c1-9(13(18)15-8-2-3-12(16)17)19-11-6-4-10(14)5-7-11/h4-7,9H,2-3,8H2,1H3,(H,15,18)(H,16,17)/t9-/m0/s1. The second-order valence-electron chi connectivity index (χ2n) is 4.00. The summed E-state index contributed by atoms with van der Waals surface area (Å²) in [6, 6.07) is 5.35. The van der Waals surface area contributed by atoms with Crippen LogP contribution in [-0.4, -0.2) is 29.6 Å². The summed E-state index contributed by atoms with van der Waals surface area (Å²) in [4.78, 5) is 21.9. The van der Waals surface area contributed by atoms with Crippen LogP contribution in [0.15, 0.2) is 24.3 Å². The van der Waals surface area contributed by atoms with Crippen LogP contribution in [0.2, 0.25) is 0 Å². The number of ether oxygens (including phenoxy) is 1.